The van der Waals surface area contributed by atoms with Crippen molar-refractivity contribution < 1.29 is 23.9 Å². The fraction of sp³-hybridized carbons (Fsp3) is 0.148. The highest BCUT2D eigenvalue weighted by Gasteiger charge is 2.45. The van der Waals surface area contributed by atoms with Crippen LogP contribution in [0.3, 0.4) is 0 Å². The van der Waals surface area contributed by atoms with Crippen molar-refractivity contribution in [3.8, 4) is 0 Å². The number of carbonyl (C=O) groups is 4. The third-order valence-corrected chi connectivity index (χ3v) is 6.25. The van der Waals surface area contributed by atoms with E-state index in [-0.39, 0.29) is 18.1 Å². The monoisotopic (exact) mass is 550 g/mol. The highest BCUT2D eigenvalue weighted by Crippen LogP contribution is 2.26. The summed E-state index contributed by atoms with van der Waals surface area (Å²) in [5, 5.41) is 4.43. The van der Waals surface area contributed by atoms with Crippen molar-refractivity contribution in [2.75, 3.05) is 16.8 Å². The number of amides is 3. The van der Waals surface area contributed by atoms with Gasteiger partial charge in [0, 0.05) is 16.3 Å². The van der Waals surface area contributed by atoms with Gasteiger partial charge in [0.25, 0.3) is 11.8 Å². The highest BCUT2D eigenvalue weighted by atomic mass is 35.5. The van der Waals surface area contributed by atoms with Crippen molar-refractivity contribution in [1.29, 1.82) is 0 Å². The molecule has 9 nitrogen and oxygen atoms in total. The molecule has 1 aliphatic heterocycles. The zero-order valence-corrected chi connectivity index (χ0v) is 21.8. The van der Waals surface area contributed by atoms with Crippen molar-refractivity contribution in [1.82, 2.24) is 10.4 Å². The normalized spacial score (nSPS) is 14.8. The molecule has 0 bridgehead atoms. The molecule has 0 spiro atoms. The highest BCUT2D eigenvalue weighted by molar-refractivity contribution is 7.80. The minimum atomic E-state index is -1.10. The minimum absolute atomic E-state index is 0.0279. The second-order valence-electron chi connectivity index (χ2n) is 8.18. The number of anilines is 2. The summed E-state index contributed by atoms with van der Waals surface area (Å²) in [6.07, 6.45) is -0.303. The predicted molar refractivity (Wildman–Crippen MR) is 147 cm³/mol. The van der Waals surface area contributed by atoms with Crippen LogP contribution in [0.1, 0.15) is 34.1 Å². The molecule has 2 N–H and O–H groups in total. The SMILES string of the molecule is CCOC(=O)c1ccc(NC(=O)CC2C(=O)N(c3ccccc3)C(=S)N2NC(=O)c2ccc(Cl)cc2)cc1. The van der Waals surface area contributed by atoms with Gasteiger partial charge in [-0.15, -0.1) is 0 Å². The molecule has 0 radical (unpaired) electrons. The van der Waals surface area contributed by atoms with Gasteiger partial charge in [-0.3, -0.25) is 24.7 Å². The molecule has 0 aromatic heterocycles. The van der Waals surface area contributed by atoms with E-state index in [0.29, 0.717) is 27.5 Å². The molecule has 3 aromatic carbocycles. The molecular formula is C27H23ClN4O5S. The van der Waals surface area contributed by atoms with Crippen molar-refractivity contribution in [3.05, 3.63) is 95.0 Å². The van der Waals surface area contributed by atoms with Crippen molar-refractivity contribution in [2.45, 2.75) is 19.4 Å². The Morgan fingerprint density at radius 1 is 0.947 bits per heavy atom. The van der Waals surface area contributed by atoms with Gasteiger partial charge in [0.2, 0.25) is 11.0 Å². The molecule has 1 atom stereocenters. The number of hydrogen-bond donors (Lipinski definition) is 2. The molecule has 1 fully saturated rings. The molecule has 0 saturated carbocycles. The van der Waals surface area contributed by atoms with Crippen LogP contribution in [0, 0.1) is 0 Å². The van der Waals surface area contributed by atoms with Crippen molar-refractivity contribution >= 4 is 64.0 Å². The number of carbonyl (C=O) groups excluding carboxylic acids is 4. The fourth-order valence-corrected chi connectivity index (χ4v) is 4.28. The van der Waals surface area contributed by atoms with E-state index < -0.39 is 29.7 Å². The van der Waals surface area contributed by atoms with Crippen LogP contribution in [0.15, 0.2) is 78.9 Å². The van der Waals surface area contributed by atoms with Gasteiger partial charge in [-0.1, -0.05) is 29.8 Å². The number of hydrogen-bond acceptors (Lipinski definition) is 6. The Labute approximate surface area is 229 Å². The first-order chi connectivity index (χ1) is 18.3. The molecule has 1 aliphatic rings. The van der Waals surface area contributed by atoms with Gasteiger partial charge in [0.1, 0.15) is 6.04 Å². The second kappa shape index (κ2) is 11.8. The number of hydrazine groups is 1. The van der Waals surface area contributed by atoms with E-state index in [1.165, 1.54) is 34.2 Å². The lowest BCUT2D eigenvalue weighted by Crippen LogP contribution is -2.49. The predicted octanol–water partition coefficient (Wildman–Crippen LogP) is 4.19. The zero-order valence-electron chi connectivity index (χ0n) is 20.2. The summed E-state index contributed by atoms with van der Waals surface area (Å²) in [6.45, 7) is 1.96. The maximum absolute atomic E-state index is 13.5. The molecule has 1 heterocycles. The van der Waals surface area contributed by atoms with Crippen molar-refractivity contribution in [2.24, 2.45) is 0 Å². The minimum Gasteiger partial charge on any atom is -0.462 e. The van der Waals surface area contributed by atoms with Gasteiger partial charge in [-0.25, -0.2) is 9.80 Å². The quantitative estimate of drug-likeness (QED) is 0.320. The smallest absolute Gasteiger partial charge is 0.338 e. The zero-order chi connectivity index (χ0) is 27.2. The van der Waals surface area contributed by atoms with Crippen molar-refractivity contribution in [3.63, 3.8) is 0 Å². The van der Waals surface area contributed by atoms with E-state index in [4.69, 9.17) is 28.6 Å². The lowest BCUT2D eigenvalue weighted by atomic mass is 10.1. The fourth-order valence-electron chi connectivity index (χ4n) is 3.78. The van der Waals surface area contributed by atoms with Gasteiger partial charge in [0.15, 0.2) is 0 Å². The maximum Gasteiger partial charge on any atom is 0.338 e. The number of benzene rings is 3. The van der Waals surface area contributed by atoms with Crippen LogP contribution >= 0.6 is 23.8 Å². The third kappa shape index (κ3) is 5.99. The third-order valence-electron chi connectivity index (χ3n) is 5.62. The summed E-state index contributed by atoms with van der Waals surface area (Å²) in [7, 11) is 0. The number of rotatable bonds is 8. The maximum atomic E-state index is 13.5. The number of thiocarbonyl (C=S) groups is 1. The summed E-state index contributed by atoms with van der Waals surface area (Å²) in [6, 6.07) is 20.0. The van der Waals surface area contributed by atoms with Crippen LogP contribution in [-0.2, 0) is 14.3 Å². The summed E-state index contributed by atoms with van der Waals surface area (Å²) in [5.74, 6) is -1.95. The molecule has 1 saturated heterocycles. The number of nitrogens with zero attached hydrogens (tertiary/aromatic N) is 2. The van der Waals surface area contributed by atoms with Crippen LogP contribution in [0.2, 0.25) is 5.02 Å². The number of halogens is 1. The molecule has 4 rings (SSSR count). The van der Waals surface area contributed by atoms with E-state index in [1.807, 2.05) is 0 Å². The summed E-state index contributed by atoms with van der Waals surface area (Å²) >= 11 is 11.5. The summed E-state index contributed by atoms with van der Waals surface area (Å²) in [4.78, 5) is 52.5. The number of para-hydroxylation sites is 1. The Balaban J connectivity index is 1.53. The van der Waals surface area contributed by atoms with Crippen LogP contribution in [0.5, 0.6) is 0 Å². The van der Waals surface area contributed by atoms with E-state index >= 15 is 0 Å². The van der Waals surface area contributed by atoms with E-state index in [0.717, 1.165) is 0 Å². The lowest BCUT2D eigenvalue weighted by molar-refractivity contribution is -0.124. The first kappa shape index (κ1) is 26.8. The van der Waals surface area contributed by atoms with Gasteiger partial charge >= 0.3 is 5.97 Å². The molecule has 3 amide bonds. The molecule has 194 valence electrons. The number of ether oxygens (including phenoxy) is 1. The molecule has 38 heavy (non-hydrogen) atoms. The van der Waals surface area contributed by atoms with E-state index in [2.05, 4.69) is 10.7 Å². The Morgan fingerprint density at radius 3 is 2.21 bits per heavy atom. The first-order valence-corrected chi connectivity index (χ1v) is 12.4. The Bertz CT molecular complexity index is 1370. The van der Waals surface area contributed by atoms with E-state index in [1.54, 1.807) is 61.5 Å². The molecule has 3 aromatic rings. The second-order valence-corrected chi connectivity index (χ2v) is 8.98. The lowest BCUT2D eigenvalue weighted by Gasteiger charge is -2.24. The van der Waals surface area contributed by atoms with Gasteiger partial charge in [0.05, 0.1) is 24.3 Å². The van der Waals surface area contributed by atoms with Gasteiger partial charge < -0.3 is 10.1 Å². The topological polar surface area (TPSA) is 108 Å². The Morgan fingerprint density at radius 2 is 1.58 bits per heavy atom. The number of nitrogens with one attached hydrogen (secondary N) is 2. The van der Waals surface area contributed by atoms with Crippen LogP contribution in [-0.4, -0.2) is 46.5 Å². The van der Waals surface area contributed by atoms with Gasteiger partial charge in [-0.05, 0) is 79.8 Å². The van der Waals surface area contributed by atoms with Crippen LogP contribution in [0.4, 0.5) is 11.4 Å². The van der Waals surface area contributed by atoms with Crippen LogP contribution < -0.4 is 15.6 Å². The molecule has 1 unspecified atom stereocenters. The van der Waals surface area contributed by atoms with Crippen LogP contribution in [0.25, 0.3) is 0 Å². The molecule has 0 aliphatic carbocycles. The summed E-state index contributed by atoms with van der Waals surface area (Å²) < 4.78 is 4.96. The Kier molecular flexibility index (Phi) is 8.35. The molecular weight excluding hydrogens is 528 g/mol. The van der Waals surface area contributed by atoms with E-state index in [9.17, 15) is 19.2 Å². The summed E-state index contributed by atoms with van der Waals surface area (Å²) in [5.41, 5.74) is 4.23. The molecule has 11 heteroatoms. The standard InChI is InChI=1S/C27H23ClN4O5S/c1-2-37-26(36)18-10-14-20(15-11-18)29-23(33)16-22-25(35)31(21-6-4-3-5-7-21)27(38)32(22)30-24(34)17-8-12-19(28)13-9-17/h3-15,22H,2,16H2,1H3,(H,29,33)(H,30,34). The average molecular weight is 551 g/mol. The Hall–Kier alpha value is -4.28. The number of esters is 1. The average Bonchev–Trinajstić information content (AvgIpc) is 3.13. The largest absolute Gasteiger partial charge is 0.462 e. The first-order valence-electron chi connectivity index (χ1n) is 11.6. The van der Waals surface area contributed by atoms with Gasteiger partial charge in [-0.2, -0.15) is 0 Å².